The highest BCUT2D eigenvalue weighted by molar-refractivity contribution is 5.94. The lowest BCUT2D eigenvalue weighted by atomic mass is 10.2. The van der Waals surface area contributed by atoms with Crippen LogP contribution in [-0.2, 0) is 0 Å². The lowest BCUT2D eigenvalue weighted by Crippen LogP contribution is -2.50. The van der Waals surface area contributed by atoms with Crippen molar-refractivity contribution in [2.75, 3.05) is 38.5 Å². The third-order valence-electron chi connectivity index (χ3n) is 3.59. The van der Waals surface area contributed by atoms with E-state index in [9.17, 15) is 4.79 Å². The van der Waals surface area contributed by atoms with Gasteiger partial charge in [0.25, 0.3) is 5.91 Å². The molecule has 1 aliphatic heterocycles. The molecule has 1 aliphatic rings. The van der Waals surface area contributed by atoms with E-state index in [0.29, 0.717) is 11.6 Å². The van der Waals surface area contributed by atoms with Crippen LogP contribution < -0.4 is 5.32 Å². The largest absolute Gasteiger partial charge is 0.373 e. The fraction of sp³-hybridized carbons (Fsp3) is 0.571. The van der Waals surface area contributed by atoms with Gasteiger partial charge in [-0.15, -0.1) is 0 Å². The lowest BCUT2D eigenvalue weighted by molar-refractivity contribution is 0.0595. The maximum atomic E-state index is 12.4. The number of anilines is 1. The maximum absolute atomic E-state index is 12.4. The van der Waals surface area contributed by atoms with Crippen molar-refractivity contribution in [3.63, 3.8) is 0 Å². The van der Waals surface area contributed by atoms with E-state index in [4.69, 9.17) is 0 Å². The molecule has 5 heteroatoms. The zero-order chi connectivity index (χ0) is 13.8. The number of hydrogen-bond donors (Lipinski definition) is 1. The van der Waals surface area contributed by atoms with Gasteiger partial charge in [-0.2, -0.15) is 0 Å². The molecule has 2 rings (SSSR count). The van der Waals surface area contributed by atoms with Crippen LogP contribution in [0.3, 0.4) is 0 Å². The van der Waals surface area contributed by atoms with Crippen LogP contribution in [-0.4, -0.2) is 60.0 Å². The van der Waals surface area contributed by atoms with E-state index in [0.717, 1.165) is 32.0 Å². The smallest absolute Gasteiger partial charge is 0.254 e. The molecular formula is C14H22N4O. The van der Waals surface area contributed by atoms with E-state index < -0.39 is 0 Å². The molecule has 1 aromatic heterocycles. The molecule has 0 unspecified atom stereocenters. The monoisotopic (exact) mass is 262 g/mol. The molecule has 0 saturated carbocycles. The van der Waals surface area contributed by atoms with Gasteiger partial charge in [-0.05, 0) is 26.0 Å². The second kappa shape index (κ2) is 6.02. The second-order valence-corrected chi connectivity index (χ2v) is 5.10. The number of carbonyl (C=O) groups is 1. The summed E-state index contributed by atoms with van der Waals surface area (Å²) in [5, 5.41) is 2.96. The first-order chi connectivity index (χ1) is 9.11. The quantitative estimate of drug-likeness (QED) is 0.891. The molecule has 19 heavy (non-hydrogen) atoms. The van der Waals surface area contributed by atoms with Crippen LogP contribution in [0.15, 0.2) is 18.3 Å². The van der Waals surface area contributed by atoms with Crippen molar-refractivity contribution >= 4 is 11.7 Å². The van der Waals surface area contributed by atoms with Gasteiger partial charge in [-0.25, -0.2) is 4.98 Å². The van der Waals surface area contributed by atoms with Crippen molar-refractivity contribution in [1.82, 2.24) is 14.8 Å². The molecule has 0 atom stereocenters. The molecule has 1 saturated heterocycles. The highest BCUT2D eigenvalue weighted by Crippen LogP contribution is 2.12. The summed E-state index contributed by atoms with van der Waals surface area (Å²) in [5.41, 5.74) is 0.706. The van der Waals surface area contributed by atoms with Crippen molar-refractivity contribution in [3.8, 4) is 0 Å². The minimum Gasteiger partial charge on any atom is -0.373 e. The zero-order valence-electron chi connectivity index (χ0n) is 11.9. The van der Waals surface area contributed by atoms with Gasteiger partial charge in [-0.3, -0.25) is 9.69 Å². The molecule has 0 radical (unpaired) electrons. The minimum atomic E-state index is 0.0994. The molecule has 2 heterocycles. The molecule has 1 N–H and O–H groups in total. The molecule has 1 fully saturated rings. The van der Waals surface area contributed by atoms with Crippen LogP contribution in [0.2, 0.25) is 0 Å². The Morgan fingerprint density at radius 3 is 2.58 bits per heavy atom. The van der Waals surface area contributed by atoms with Crippen LogP contribution in [0.1, 0.15) is 24.2 Å². The van der Waals surface area contributed by atoms with Crippen LogP contribution in [0.5, 0.6) is 0 Å². The van der Waals surface area contributed by atoms with Gasteiger partial charge in [0.15, 0.2) is 0 Å². The van der Waals surface area contributed by atoms with Crippen LogP contribution in [0.4, 0.5) is 5.82 Å². The molecule has 0 aromatic carbocycles. The lowest BCUT2D eigenvalue weighted by Gasteiger charge is -2.37. The van der Waals surface area contributed by atoms with Crippen molar-refractivity contribution in [2.24, 2.45) is 0 Å². The number of rotatable bonds is 3. The Kier molecular flexibility index (Phi) is 4.37. The number of carbonyl (C=O) groups excluding carboxylic acids is 1. The van der Waals surface area contributed by atoms with Gasteiger partial charge in [0.1, 0.15) is 5.82 Å². The summed E-state index contributed by atoms with van der Waals surface area (Å²) < 4.78 is 0. The summed E-state index contributed by atoms with van der Waals surface area (Å²) >= 11 is 0. The van der Waals surface area contributed by atoms with Gasteiger partial charge in [0.2, 0.25) is 0 Å². The summed E-state index contributed by atoms with van der Waals surface area (Å²) in [6, 6.07) is 4.13. The molecule has 0 bridgehead atoms. The Morgan fingerprint density at radius 1 is 1.32 bits per heavy atom. The third-order valence-corrected chi connectivity index (χ3v) is 3.59. The zero-order valence-corrected chi connectivity index (χ0v) is 11.9. The highest BCUT2D eigenvalue weighted by atomic mass is 16.2. The maximum Gasteiger partial charge on any atom is 0.254 e. The number of hydrogen-bond acceptors (Lipinski definition) is 4. The first kappa shape index (κ1) is 13.8. The SMILES string of the molecule is CNc1cc(C(=O)N2CCN(C(C)C)CC2)ccn1. The van der Waals surface area contributed by atoms with Crippen LogP contribution >= 0.6 is 0 Å². The van der Waals surface area contributed by atoms with Gasteiger partial charge < -0.3 is 10.2 Å². The topological polar surface area (TPSA) is 48.5 Å². The Hall–Kier alpha value is -1.62. The molecule has 0 aliphatic carbocycles. The van der Waals surface area contributed by atoms with Gasteiger partial charge in [0.05, 0.1) is 0 Å². The van der Waals surface area contributed by atoms with Crippen LogP contribution in [0, 0.1) is 0 Å². The second-order valence-electron chi connectivity index (χ2n) is 5.10. The number of amides is 1. The molecule has 1 aromatic rings. The van der Waals surface area contributed by atoms with E-state index in [1.54, 1.807) is 25.4 Å². The minimum absolute atomic E-state index is 0.0994. The van der Waals surface area contributed by atoms with Gasteiger partial charge >= 0.3 is 0 Å². The summed E-state index contributed by atoms with van der Waals surface area (Å²) in [4.78, 5) is 20.8. The summed E-state index contributed by atoms with van der Waals surface area (Å²) in [5.74, 6) is 0.828. The number of nitrogens with zero attached hydrogens (tertiary/aromatic N) is 3. The fourth-order valence-electron chi connectivity index (χ4n) is 2.32. The third kappa shape index (κ3) is 3.23. The Morgan fingerprint density at radius 2 is 2.00 bits per heavy atom. The predicted octanol–water partition coefficient (Wildman–Crippen LogP) is 1.29. The van der Waals surface area contributed by atoms with Crippen molar-refractivity contribution in [3.05, 3.63) is 23.9 Å². The molecule has 0 spiro atoms. The average molecular weight is 262 g/mol. The number of pyridine rings is 1. The van der Waals surface area contributed by atoms with Crippen molar-refractivity contribution in [2.45, 2.75) is 19.9 Å². The summed E-state index contributed by atoms with van der Waals surface area (Å²) in [6.45, 7) is 7.89. The van der Waals surface area contributed by atoms with Crippen molar-refractivity contribution in [1.29, 1.82) is 0 Å². The normalized spacial score (nSPS) is 16.7. The number of piperazine rings is 1. The standard InChI is InChI=1S/C14H22N4O/c1-11(2)17-6-8-18(9-7-17)14(19)12-4-5-16-13(10-12)15-3/h4-5,10-11H,6-9H2,1-3H3,(H,15,16). The van der Waals surface area contributed by atoms with Crippen molar-refractivity contribution < 1.29 is 4.79 Å². The fourth-order valence-corrected chi connectivity index (χ4v) is 2.32. The van der Waals surface area contributed by atoms with E-state index in [1.165, 1.54) is 0 Å². The van der Waals surface area contributed by atoms with E-state index >= 15 is 0 Å². The average Bonchev–Trinajstić information content (AvgIpc) is 2.46. The summed E-state index contributed by atoms with van der Waals surface area (Å²) in [6.07, 6.45) is 1.67. The Labute approximate surface area is 114 Å². The molecular weight excluding hydrogens is 240 g/mol. The predicted molar refractivity (Wildman–Crippen MR) is 76.4 cm³/mol. The summed E-state index contributed by atoms with van der Waals surface area (Å²) in [7, 11) is 1.80. The Balaban J connectivity index is 2.01. The van der Waals surface area contributed by atoms with E-state index in [1.807, 2.05) is 4.90 Å². The number of nitrogens with one attached hydrogen (secondary N) is 1. The first-order valence-electron chi connectivity index (χ1n) is 6.79. The highest BCUT2D eigenvalue weighted by Gasteiger charge is 2.23. The van der Waals surface area contributed by atoms with Gasteiger partial charge in [-0.1, -0.05) is 0 Å². The number of aromatic nitrogens is 1. The molecule has 1 amide bonds. The van der Waals surface area contributed by atoms with Crippen LogP contribution in [0.25, 0.3) is 0 Å². The van der Waals surface area contributed by atoms with Gasteiger partial charge in [0, 0.05) is 51.0 Å². The van der Waals surface area contributed by atoms with E-state index in [2.05, 4.69) is 29.0 Å². The molecule has 104 valence electrons. The Bertz CT molecular complexity index is 439. The van der Waals surface area contributed by atoms with E-state index in [-0.39, 0.29) is 5.91 Å². The first-order valence-corrected chi connectivity index (χ1v) is 6.79. The molecule has 5 nitrogen and oxygen atoms in total.